The van der Waals surface area contributed by atoms with E-state index in [1.807, 2.05) is 24.3 Å². The number of nitrogens with one attached hydrogen (secondary N) is 1. The lowest BCUT2D eigenvalue weighted by Gasteiger charge is -2.20. The van der Waals surface area contributed by atoms with E-state index in [1.165, 1.54) is 0 Å². The van der Waals surface area contributed by atoms with Crippen molar-refractivity contribution in [2.45, 2.75) is 38.4 Å². The van der Waals surface area contributed by atoms with E-state index in [4.69, 9.17) is 27.9 Å². The maximum Gasteiger partial charge on any atom is 0.191 e. The summed E-state index contributed by atoms with van der Waals surface area (Å²) in [5.74, 6) is -0.127. The Kier molecular flexibility index (Phi) is 9.96. The van der Waals surface area contributed by atoms with E-state index in [1.54, 1.807) is 24.3 Å². The molecule has 0 radical (unpaired) electrons. The third-order valence-electron chi connectivity index (χ3n) is 4.33. The summed E-state index contributed by atoms with van der Waals surface area (Å²) in [6.45, 7) is 3.47. The summed E-state index contributed by atoms with van der Waals surface area (Å²) < 4.78 is 5.84. The monoisotopic (exact) mass is 423 g/mol. The van der Waals surface area contributed by atoms with E-state index in [-0.39, 0.29) is 12.4 Å². The molecule has 2 aromatic carbocycles. The van der Waals surface area contributed by atoms with Gasteiger partial charge in [0, 0.05) is 18.5 Å². The van der Waals surface area contributed by atoms with Crippen LogP contribution in [-0.4, -0.2) is 42.8 Å². The van der Waals surface area contributed by atoms with Crippen LogP contribution in [0.4, 0.5) is 0 Å². The Bertz CT molecular complexity index is 740. The van der Waals surface area contributed by atoms with Crippen molar-refractivity contribution in [3.05, 3.63) is 69.7 Å². The van der Waals surface area contributed by atoms with Gasteiger partial charge in [0.15, 0.2) is 5.78 Å². The highest BCUT2D eigenvalue weighted by Crippen LogP contribution is 2.24. The molecule has 0 saturated heterocycles. The summed E-state index contributed by atoms with van der Waals surface area (Å²) in [4.78, 5) is 12.9. The molecule has 0 aliphatic heterocycles. The Balaban J connectivity index is 2.03. The first kappa shape index (κ1) is 22.9. The smallest absolute Gasteiger partial charge is 0.191 e. The number of rotatable bonds is 12. The number of ketones is 1. The predicted octanol–water partition coefficient (Wildman–Crippen LogP) is 4.55. The van der Waals surface area contributed by atoms with E-state index in [0.29, 0.717) is 28.6 Å². The van der Waals surface area contributed by atoms with Crippen molar-refractivity contribution in [2.75, 3.05) is 19.7 Å². The van der Waals surface area contributed by atoms with Gasteiger partial charge in [-0.2, -0.15) is 0 Å². The Morgan fingerprint density at radius 1 is 1.14 bits per heavy atom. The summed E-state index contributed by atoms with van der Waals surface area (Å²) in [6.07, 6.45) is 1.10. The molecule has 28 heavy (non-hydrogen) atoms. The Hall–Kier alpha value is -1.43. The lowest BCUT2D eigenvalue weighted by molar-refractivity contribution is -0.00164. The Morgan fingerprint density at radius 3 is 2.57 bits per heavy atom. The standard InChI is InChI=1S/C22H27Cl2NO3/c1-2-3-11-25-14-18(26)15-28-21(22(27)17-7-5-4-6-8-17)13-16-9-10-19(23)20(24)12-16/h4-10,12,18,21,25-26H,2-3,11,13-15H2,1H3. The SMILES string of the molecule is CCCCNCC(O)COC(Cc1ccc(Cl)c(Cl)c1)C(=O)c1ccccc1. The van der Waals surface area contributed by atoms with Gasteiger partial charge in [0.2, 0.25) is 0 Å². The second-order valence-corrected chi connectivity index (χ2v) is 7.53. The molecule has 2 N–H and O–H groups in total. The molecule has 2 rings (SSSR count). The summed E-state index contributed by atoms with van der Waals surface area (Å²) >= 11 is 12.1. The van der Waals surface area contributed by atoms with Crippen molar-refractivity contribution < 1.29 is 14.6 Å². The highest BCUT2D eigenvalue weighted by atomic mass is 35.5. The predicted molar refractivity (Wildman–Crippen MR) is 114 cm³/mol. The molecule has 0 spiro atoms. The summed E-state index contributed by atoms with van der Waals surface area (Å²) in [6, 6.07) is 14.3. The average molecular weight is 424 g/mol. The van der Waals surface area contributed by atoms with E-state index in [0.717, 1.165) is 24.9 Å². The lowest BCUT2D eigenvalue weighted by Crippen LogP contribution is -2.35. The van der Waals surface area contributed by atoms with E-state index >= 15 is 0 Å². The third-order valence-corrected chi connectivity index (χ3v) is 5.07. The maximum atomic E-state index is 12.9. The number of aliphatic hydroxyl groups excluding tert-OH is 1. The normalized spacial score (nSPS) is 13.3. The van der Waals surface area contributed by atoms with Crippen LogP contribution in [0.5, 0.6) is 0 Å². The molecule has 0 amide bonds. The quantitative estimate of drug-likeness (QED) is 0.388. The van der Waals surface area contributed by atoms with Crippen LogP contribution in [0.2, 0.25) is 10.0 Å². The van der Waals surface area contributed by atoms with Gasteiger partial charge in [0.25, 0.3) is 0 Å². The number of carbonyl (C=O) groups is 1. The highest BCUT2D eigenvalue weighted by molar-refractivity contribution is 6.42. The zero-order chi connectivity index (χ0) is 20.4. The minimum atomic E-state index is -0.718. The number of hydrogen-bond acceptors (Lipinski definition) is 4. The molecule has 6 heteroatoms. The molecule has 2 aromatic rings. The number of ether oxygens (including phenoxy) is 1. The molecule has 152 valence electrons. The number of aliphatic hydroxyl groups is 1. The summed E-state index contributed by atoms with van der Waals surface area (Å²) in [7, 11) is 0. The van der Waals surface area contributed by atoms with Crippen LogP contribution >= 0.6 is 23.2 Å². The molecule has 2 unspecified atom stereocenters. The zero-order valence-electron chi connectivity index (χ0n) is 16.0. The van der Waals surface area contributed by atoms with Crippen LogP contribution in [0.15, 0.2) is 48.5 Å². The summed E-state index contributed by atoms with van der Waals surface area (Å²) in [5, 5.41) is 14.2. The molecular weight excluding hydrogens is 397 g/mol. The van der Waals surface area contributed by atoms with Gasteiger partial charge in [-0.25, -0.2) is 0 Å². The number of halogens is 2. The van der Waals surface area contributed by atoms with E-state index in [2.05, 4.69) is 12.2 Å². The van der Waals surface area contributed by atoms with Crippen LogP contribution in [0.3, 0.4) is 0 Å². The van der Waals surface area contributed by atoms with Gasteiger partial charge < -0.3 is 15.2 Å². The van der Waals surface area contributed by atoms with Crippen molar-refractivity contribution in [3.63, 3.8) is 0 Å². The van der Waals surface area contributed by atoms with Gasteiger partial charge >= 0.3 is 0 Å². The number of hydrogen-bond donors (Lipinski definition) is 2. The van der Waals surface area contributed by atoms with Crippen molar-refractivity contribution >= 4 is 29.0 Å². The van der Waals surface area contributed by atoms with Gasteiger partial charge in [-0.15, -0.1) is 0 Å². The van der Waals surface area contributed by atoms with Crippen LogP contribution in [0.25, 0.3) is 0 Å². The Morgan fingerprint density at radius 2 is 1.89 bits per heavy atom. The molecule has 0 aliphatic rings. The van der Waals surface area contributed by atoms with Gasteiger partial charge in [-0.1, -0.05) is 72.9 Å². The van der Waals surface area contributed by atoms with E-state index in [9.17, 15) is 9.90 Å². The molecule has 0 heterocycles. The first-order valence-electron chi connectivity index (χ1n) is 9.54. The van der Waals surface area contributed by atoms with Gasteiger partial charge in [0.1, 0.15) is 6.10 Å². The fourth-order valence-electron chi connectivity index (χ4n) is 2.75. The van der Waals surface area contributed by atoms with Crippen molar-refractivity contribution in [3.8, 4) is 0 Å². The number of unbranched alkanes of at least 4 members (excludes halogenated alkanes) is 1. The van der Waals surface area contributed by atoms with Crippen molar-refractivity contribution in [1.29, 1.82) is 0 Å². The van der Waals surface area contributed by atoms with Crippen molar-refractivity contribution in [2.24, 2.45) is 0 Å². The molecule has 0 fully saturated rings. The molecule has 0 aromatic heterocycles. The Labute approximate surface area is 176 Å². The average Bonchev–Trinajstić information content (AvgIpc) is 2.71. The second-order valence-electron chi connectivity index (χ2n) is 6.72. The van der Waals surface area contributed by atoms with Crippen LogP contribution < -0.4 is 5.32 Å². The second kappa shape index (κ2) is 12.2. The van der Waals surface area contributed by atoms with Gasteiger partial charge in [-0.3, -0.25) is 4.79 Å². The van der Waals surface area contributed by atoms with Crippen LogP contribution in [-0.2, 0) is 11.2 Å². The fraction of sp³-hybridized carbons (Fsp3) is 0.409. The lowest BCUT2D eigenvalue weighted by atomic mass is 10.00. The maximum absolute atomic E-state index is 12.9. The first-order valence-corrected chi connectivity index (χ1v) is 10.3. The largest absolute Gasteiger partial charge is 0.389 e. The fourth-order valence-corrected chi connectivity index (χ4v) is 3.07. The van der Waals surface area contributed by atoms with Gasteiger partial charge in [-0.05, 0) is 30.7 Å². The van der Waals surface area contributed by atoms with E-state index < -0.39 is 12.2 Å². The molecular formula is C22H27Cl2NO3. The zero-order valence-corrected chi connectivity index (χ0v) is 17.5. The molecule has 4 nitrogen and oxygen atoms in total. The first-order chi connectivity index (χ1) is 13.5. The highest BCUT2D eigenvalue weighted by Gasteiger charge is 2.23. The van der Waals surface area contributed by atoms with Crippen LogP contribution in [0, 0.1) is 0 Å². The summed E-state index contributed by atoms with van der Waals surface area (Å²) in [5.41, 5.74) is 1.42. The van der Waals surface area contributed by atoms with Crippen molar-refractivity contribution in [1.82, 2.24) is 5.32 Å². The minimum Gasteiger partial charge on any atom is -0.389 e. The topological polar surface area (TPSA) is 58.6 Å². The third kappa shape index (κ3) is 7.53. The number of benzene rings is 2. The van der Waals surface area contributed by atoms with Gasteiger partial charge in [0.05, 0.1) is 22.8 Å². The molecule has 0 aliphatic carbocycles. The number of carbonyl (C=O) groups excluding carboxylic acids is 1. The van der Waals surface area contributed by atoms with Crippen LogP contribution in [0.1, 0.15) is 35.7 Å². The molecule has 0 bridgehead atoms. The molecule has 2 atom stereocenters. The minimum absolute atomic E-state index is 0.0731. The molecule has 0 saturated carbocycles. The number of Topliss-reactive ketones (excluding diaryl/α,β-unsaturated/α-hetero) is 1.